The van der Waals surface area contributed by atoms with Crippen molar-refractivity contribution in [1.29, 1.82) is 0 Å². The quantitative estimate of drug-likeness (QED) is 0.264. The van der Waals surface area contributed by atoms with Gasteiger partial charge in [0.25, 0.3) is 0 Å². The van der Waals surface area contributed by atoms with Gasteiger partial charge < -0.3 is 20.6 Å². The Hall–Kier alpha value is -1.96. The number of hydrogen-bond donors (Lipinski definition) is 4. The number of nitrogens with zero attached hydrogens (tertiary/aromatic N) is 2. The number of carboxylic acid groups (broad SMARTS) is 1. The number of nitrogens with two attached hydrogens (primary N) is 1. The molecule has 19 heavy (non-hydrogen) atoms. The second-order valence-corrected chi connectivity index (χ2v) is 4.97. The number of rotatable bonds is 5. The summed E-state index contributed by atoms with van der Waals surface area (Å²) in [4.78, 5) is 36.4. The summed E-state index contributed by atoms with van der Waals surface area (Å²) in [7, 11) is -4.43. The van der Waals surface area contributed by atoms with E-state index in [9.17, 15) is 14.3 Å². The van der Waals surface area contributed by atoms with Crippen LogP contribution in [0.4, 0.5) is 5.69 Å². The molecule has 0 aliphatic heterocycles. The molecule has 0 spiro atoms. The van der Waals surface area contributed by atoms with Crippen LogP contribution in [0.25, 0.3) is 0 Å². The van der Waals surface area contributed by atoms with Crippen LogP contribution < -0.4 is 5.73 Å². The second kappa shape index (κ2) is 8.20. The van der Waals surface area contributed by atoms with Crippen molar-refractivity contribution in [2.45, 2.75) is 0 Å². The van der Waals surface area contributed by atoms with E-state index in [1.54, 1.807) is 0 Å². The van der Waals surface area contributed by atoms with E-state index in [4.69, 9.17) is 20.6 Å². The monoisotopic (exact) mass is 291 g/mol. The normalized spacial score (nSPS) is 10.0. The summed E-state index contributed by atoms with van der Waals surface area (Å²) in [6.45, 7) is -0.825. The van der Waals surface area contributed by atoms with Gasteiger partial charge in [0.1, 0.15) is 12.8 Å². The van der Waals surface area contributed by atoms with Crippen molar-refractivity contribution in [2.75, 3.05) is 18.6 Å². The van der Waals surface area contributed by atoms with E-state index in [1.165, 1.54) is 0 Å². The molecular weight excluding hydrogens is 277 g/mol. The first-order chi connectivity index (χ1) is 8.74. The maximum Gasteiger partial charge on any atom is 0.346 e. The zero-order valence-electron chi connectivity index (χ0n) is 9.79. The van der Waals surface area contributed by atoms with Crippen molar-refractivity contribution in [3.63, 3.8) is 0 Å². The summed E-state index contributed by atoms with van der Waals surface area (Å²) < 4.78 is 10.2. The molecule has 5 N–H and O–H groups in total. The number of carboxylic acids is 1. The molecule has 0 radical (unpaired) electrons. The van der Waals surface area contributed by atoms with Gasteiger partial charge >= 0.3 is 13.6 Å². The summed E-state index contributed by atoms with van der Waals surface area (Å²) in [5.74, 6) is -1.39. The molecule has 0 aliphatic carbocycles. The van der Waals surface area contributed by atoms with Gasteiger partial charge in [-0.25, -0.2) is 5.01 Å². The Morgan fingerprint density at radius 3 is 2.11 bits per heavy atom. The van der Waals surface area contributed by atoms with E-state index in [0.29, 0.717) is 0 Å². The zero-order chi connectivity index (χ0) is 14.9. The first kappa shape index (κ1) is 17.0. The summed E-state index contributed by atoms with van der Waals surface area (Å²) >= 11 is 0. The standard InChI is InChI=1S/C6H7N.C3H7N2O6P/c7-6-4-2-1-3-5-6;6-3(7)1-5(4-8)2-12(9,10)11/h1-5H,7H2;1-2H2,(H,6,7)(H2,9,10,11). The van der Waals surface area contributed by atoms with Gasteiger partial charge in [-0.15, -0.1) is 4.91 Å². The molecule has 1 rings (SSSR count). The largest absolute Gasteiger partial charge is 0.480 e. The zero-order valence-corrected chi connectivity index (χ0v) is 10.7. The summed E-state index contributed by atoms with van der Waals surface area (Å²) in [6.07, 6.45) is -0.983. The number of anilines is 1. The van der Waals surface area contributed by atoms with Gasteiger partial charge in [0, 0.05) is 5.69 Å². The van der Waals surface area contributed by atoms with Gasteiger partial charge in [0.05, 0.1) is 5.29 Å². The van der Waals surface area contributed by atoms with Crippen LogP contribution in [-0.2, 0) is 9.36 Å². The van der Waals surface area contributed by atoms with Crippen LogP contribution in [0.1, 0.15) is 0 Å². The highest BCUT2D eigenvalue weighted by Crippen LogP contribution is 2.34. The Morgan fingerprint density at radius 1 is 1.32 bits per heavy atom. The lowest BCUT2D eigenvalue weighted by molar-refractivity contribution is -0.138. The molecule has 1 aromatic carbocycles. The first-order valence-electron chi connectivity index (χ1n) is 4.89. The van der Waals surface area contributed by atoms with E-state index >= 15 is 0 Å². The van der Waals surface area contributed by atoms with Gasteiger partial charge in [0.2, 0.25) is 0 Å². The van der Waals surface area contributed by atoms with E-state index in [0.717, 1.165) is 5.69 Å². The van der Waals surface area contributed by atoms with Gasteiger partial charge in [-0.1, -0.05) is 18.2 Å². The molecule has 10 heteroatoms. The summed E-state index contributed by atoms with van der Waals surface area (Å²) in [5.41, 5.74) is 6.18. The smallest absolute Gasteiger partial charge is 0.346 e. The topological polar surface area (TPSA) is 154 Å². The fourth-order valence-electron chi connectivity index (χ4n) is 0.927. The van der Waals surface area contributed by atoms with Crippen molar-refractivity contribution in [3.05, 3.63) is 35.2 Å². The van der Waals surface area contributed by atoms with Crippen LogP contribution >= 0.6 is 7.60 Å². The predicted octanol–water partition coefficient (Wildman–Crippen LogP) is 0.458. The molecule has 0 atom stereocenters. The van der Waals surface area contributed by atoms with Gasteiger partial charge in [0.15, 0.2) is 0 Å². The Morgan fingerprint density at radius 2 is 1.84 bits per heavy atom. The average Bonchev–Trinajstić information content (AvgIpc) is 2.27. The van der Waals surface area contributed by atoms with Gasteiger partial charge in [-0.3, -0.25) is 9.36 Å². The highest BCUT2D eigenvalue weighted by Gasteiger charge is 2.20. The van der Waals surface area contributed by atoms with Crippen LogP contribution in [0, 0.1) is 4.91 Å². The lowest BCUT2D eigenvalue weighted by Crippen LogP contribution is -2.25. The Balaban J connectivity index is 0.000000388. The molecular formula is C9H14N3O6P. The molecule has 106 valence electrons. The molecule has 9 nitrogen and oxygen atoms in total. The van der Waals surface area contributed by atoms with Gasteiger partial charge in [-0.05, 0) is 12.1 Å². The maximum atomic E-state index is 10.2. The van der Waals surface area contributed by atoms with Crippen LogP contribution in [-0.4, -0.2) is 38.7 Å². The molecule has 0 saturated carbocycles. The van der Waals surface area contributed by atoms with Crippen LogP contribution in [0.15, 0.2) is 35.6 Å². The third kappa shape index (κ3) is 10.9. The van der Waals surface area contributed by atoms with Crippen molar-refractivity contribution in [1.82, 2.24) is 5.01 Å². The van der Waals surface area contributed by atoms with E-state index in [2.05, 4.69) is 5.29 Å². The predicted molar refractivity (Wildman–Crippen MR) is 67.9 cm³/mol. The molecule has 0 unspecified atom stereocenters. The molecule has 0 aliphatic rings. The van der Waals surface area contributed by atoms with Crippen LogP contribution in [0.5, 0.6) is 0 Å². The third-order valence-corrected chi connectivity index (χ3v) is 2.28. The highest BCUT2D eigenvalue weighted by atomic mass is 31.2. The molecule has 0 fully saturated rings. The van der Waals surface area contributed by atoms with Gasteiger partial charge in [-0.2, -0.15) is 0 Å². The third-order valence-electron chi connectivity index (χ3n) is 1.58. The lowest BCUT2D eigenvalue weighted by atomic mass is 10.3. The molecule has 0 amide bonds. The van der Waals surface area contributed by atoms with E-state index in [-0.39, 0.29) is 5.01 Å². The first-order valence-corrected chi connectivity index (χ1v) is 6.69. The summed E-state index contributed by atoms with van der Waals surface area (Å²) in [6, 6.07) is 9.49. The maximum absolute atomic E-state index is 10.2. The summed E-state index contributed by atoms with van der Waals surface area (Å²) in [5, 5.41) is 10.5. The number of aliphatic carboxylic acids is 1. The Kier molecular flexibility index (Phi) is 7.35. The van der Waals surface area contributed by atoms with Crippen LogP contribution in [0.3, 0.4) is 0 Å². The molecule has 0 saturated heterocycles. The molecule has 1 aromatic rings. The molecule has 0 heterocycles. The minimum atomic E-state index is -4.43. The fourth-order valence-corrected chi connectivity index (χ4v) is 1.50. The van der Waals surface area contributed by atoms with Crippen molar-refractivity contribution in [2.24, 2.45) is 5.29 Å². The van der Waals surface area contributed by atoms with E-state index < -0.39 is 26.4 Å². The number of carbonyl (C=O) groups is 1. The minimum Gasteiger partial charge on any atom is -0.480 e. The SMILES string of the molecule is Nc1ccccc1.O=NN(CC(=O)O)CP(=O)(O)O. The number of benzene rings is 1. The second-order valence-electron chi connectivity index (χ2n) is 3.36. The van der Waals surface area contributed by atoms with Crippen molar-refractivity contribution in [3.8, 4) is 0 Å². The number of hydrogen-bond acceptors (Lipinski definition) is 5. The van der Waals surface area contributed by atoms with Crippen molar-refractivity contribution >= 4 is 19.3 Å². The highest BCUT2D eigenvalue weighted by molar-refractivity contribution is 7.51. The Labute approximate surface area is 108 Å². The number of nitrogen functional groups attached to an aromatic ring is 1. The average molecular weight is 291 g/mol. The minimum absolute atomic E-state index is 0.239. The Bertz CT molecular complexity index is 449. The van der Waals surface area contributed by atoms with Crippen molar-refractivity contribution < 1.29 is 24.3 Å². The van der Waals surface area contributed by atoms with Crippen LogP contribution in [0.2, 0.25) is 0 Å². The molecule has 0 bridgehead atoms. The van der Waals surface area contributed by atoms with E-state index in [1.807, 2.05) is 30.3 Å². The number of para-hydroxylation sites is 1. The molecule has 0 aromatic heterocycles. The fraction of sp³-hybridized carbons (Fsp3) is 0.222. The lowest BCUT2D eigenvalue weighted by Gasteiger charge is -2.12. The number of nitroso groups, excluding NO2 is 1.